The Bertz CT molecular complexity index is 1360. The van der Waals surface area contributed by atoms with Gasteiger partial charge in [0.1, 0.15) is 18.3 Å². The lowest BCUT2D eigenvalue weighted by atomic mass is 10.1. The van der Waals surface area contributed by atoms with Gasteiger partial charge in [-0.1, -0.05) is 20.8 Å². The number of hydrogen-bond acceptors (Lipinski definition) is 12. The number of H-pyrrole nitrogens is 1. The van der Waals surface area contributed by atoms with Crippen LogP contribution in [0.1, 0.15) is 27.0 Å². The Morgan fingerprint density at radius 2 is 1.80 bits per heavy atom. The third kappa shape index (κ3) is 6.27. The summed E-state index contributed by atoms with van der Waals surface area (Å²) in [5.74, 6) is -0.162. The third-order valence-electron chi connectivity index (χ3n) is 5.98. The van der Waals surface area contributed by atoms with Crippen molar-refractivity contribution in [2.24, 2.45) is 0 Å². The highest BCUT2D eigenvalue weighted by Crippen LogP contribution is 2.43. The maximum Gasteiger partial charge on any atom is 0.280 e. The Morgan fingerprint density at radius 3 is 2.34 bits per heavy atom. The first-order valence-electron chi connectivity index (χ1n) is 10.6. The molecule has 3 rings (SSSR count). The first-order chi connectivity index (χ1) is 15.8. The van der Waals surface area contributed by atoms with Crippen LogP contribution < -0.4 is 11.3 Å². The zero-order chi connectivity index (χ0) is 26.6. The van der Waals surface area contributed by atoms with E-state index in [-0.39, 0.29) is 22.2 Å². The predicted octanol–water partition coefficient (Wildman–Crippen LogP) is 0.311. The van der Waals surface area contributed by atoms with Crippen molar-refractivity contribution >= 4 is 45.7 Å². The minimum atomic E-state index is -4.03. The molecule has 0 radical (unpaired) electrons. The van der Waals surface area contributed by atoms with Crippen molar-refractivity contribution in [3.05, 3.63) is 16.7 Å². The van der Waals surface area contributed by atoms with Gasteiger partial charge >= 0.3 is 0 Å². The van der Waals surface area contributed by atoms with Crippen LogP contribution >= 0.6 is 0 Å². The number of anilines is 1. The zero-order valence-corrected chi connectivity index (χ0v) is 23.1. The van der Waals surface area contributed by atoms with E-state index in [0.29, 0.717) is 0 Å². The molecule has 0 aromatic carbocycles. The van der Waals surface area contributed by atoms with Crippen molar-refractivity contribution in [2.75, 3.05) is 24.9 Å². The highest BCUT2D eigenvalue weighted by molar-refractivity contribution is 7.86. The molecule has 0 spiro atoms. The van der Waals surface area contributed by atoms with E-state index in [4.69, 9.17) is 23.3 Å². The van der Waals surface area contributed by atoms with Crippen molar-refractivity contribution in [3.8, 4) is 0 Å². The lowest BCUT2D eigenvalue weighted by molar-refractivity contribution is -0.0440. The second kappa shape index (κ2) is 9.20. The minimum Gasteiger partial charge on any atom is -0.406 e. The van der Waals surface area contributed by atoms with Gasteiger partial charge in [-0.3, -0.25) is 22.7 Å². The maximum atomic E-state index is 12.3. The molecule has 3 heterocycles. The molecule has 0 saturated carbocycles. The molecule has 0 amide bonds. The van der Waals surface area contributed by atoms with Gasteiger partial charge in [0.25, 0.3) is 25.8 Å². The van der Waals surface area contributed by atoms with E-state index >= 15 is 0 Å². The molecule has 0 bridgehead atoms. The number of hydrogen-bond donors (Lipinski definition) is 2. The summed E-state index contributed by atoms with van der Waals surface area (Å²) in [6.07, 6.45) is -1.58. The Balaban J connectivity index is 2.16. The second-order valence-electron chi connectivity index (χ2n) is 9.94. The number of nitrogens with zero attached hydrogens (tertiary/aromatic N) is 3. The Kier molecular flexibility index (Phi) is 7.28. The van der Waals surface area contributed by atoms with Crippen LogP contribution in [0.3, 0.4) is 0 Å². The third-order valence-corrected chi connectivity index (χ3v) is 11.6. The van der Waals surface area contributed by atoms with Crippen LogP contribution in [0.4, 0.5) is 5.95 Å². The van der Waals surface area contributed by atoms with E-state index in [1.165, 1.54) is 10.9 Å². The van der Waals surface area contributed by atoms with Crippen molar-refractivity contribution in [2.45, 2.75) is 63.4 Å². The normalized spacial score (nSPS) is 24.3. The largest absolute Gasteiger partial charge is 0.406 e. The number of ether oxygens (including phenoxy) is 1. The van der Waals surface area contributed by atoms with E-state index in [1.807, 2.05) is 33.9 Å². The average molecular weight is 554 g/mol. The van der Waals surface area contributed by atoms with Gasteiger partial charge in [-0.15, -0.1) is 0 Å². The second-order valence-corrected chi connectivity index (χ2v) is 17.9. The maximum absolute atomic E-state index is 12.3. The fourth-order valence-corrected chi connectivity index (χ4v) is 5.65. The molecule has 1 aliphatic rings. The van der Waals surface area contributed by atoms with Gasteiger partial charge in [0.15, 0.2) is 25.7 Å². The lowest BCUT2D eigenvalue weighted by Crippen LogP contribution is -2.50. The molecule has 1 saturated heterocycles. The molecule has 0 unspecified atom stereocenters. The zero-order valence-electron chi connectivity index (χ0n) is 20.5. The highest BCUT2D eigenvalue weighted by Gasteiger charge is 2.53. The van der Waals surface area contributed by atoms with Gasteiger partial charge in [0.2, 0.25) is 5.95 Å². The molecule has 0 aliphatic carbocycles. The molecular weight excluding hydrogens is 522 g/mol. The van der Waals surface area contributed by atoms with Gasteiger partial charge in [0.05, 0.1) is 25.4 Å². The van der Waals surface area contributed by atoms with E-state index in [2.05, 4.69) is 15.0 Å². The van der Waals surface area contributed by atoms with Gasteiger partial charge < -0.3 is 14.9 Å². The number of rotatable bonds is 8. The van der Waals surface area contributed by atoms with Gasteiger partial charge in [-0.2, -0.15) is 21.8 Å². The van der Waals surface area contributed by atoms with Gasteiger partial charge in [-0.05, 0) is 18.1 Å². The van der Waals surface area contributed by atoms with Gasteiger partial charge in [-0.25, -0.2) is 4.98 Å². The Morgan fingerprint density at radius 1 is 1.17 bits per heavy atom. The number of nitrogen functional groups attached to an aromatic ring is 1. The highest BCUT2D eigenvalue weighted by atomic mass is 32.2. The van der Waals surface area contributed by atoms with Crippen LogP contribution in [0.2, 0.25) is 18.1 Å². The van der Waals surface area contributed by atoms with E-state index in [9.17, 15) is 21.6 Å². The van der Waals surface area contributed by atoms with E-state index in [0.717, 1.165) is 12.5 Å². The average Bonchev–Trinajstić information content (AvgIpc) is 3.19. The van der Waals surface area contributed by atoms with E-state index < -0.39 is 65.3 Å². The summed E-state index contributed by atoms with van der Waals surface area (Å²) in [5.41, 5.74) is 5.19. The summed E-state index contributed by atoms with van der Waals surface area (Å²) in [4.78, 5) is 22.9. The van der Waals surface area contributed by atoms with Crippen molar-refractivity contribution in [1.82, 2.24) is 19.5 Å². The smallest absolute Gasteiger partial charge is 0.280 e. The van der Waals surface area contributed by atoms with Crippen LogP contribution in [0.5, 0.6) is 0 Å². The van der Waals surface area contributed by atoms with E-state index in [1.54, 1.807) is 0 Å². The summed E-state index contributed by atoms with van der Waals surface area (Å²) in [6.45, 7) is 9.36. The molecular formula is C18H31N5O9S2Si. The number of nitrogens with one attached hydrogen (secondary N) is 1. The molecule has 2 aromatic heterocycles. The molecule has 4 atom stereocenters. The standard InChI is InChI=1S/C18H31N5O9S2Si/c1-18(2,3)35(6,7)32-13-12(31-34(5,27)28)10(8-29-33(4,25)26)30-16(13)23-9-20-11-14(23)21-17(19)22-15(11)24/h9-10,12-13,16H,8H2,1-7H3,(H3,19,21,22,24)/t10-,12-,13-,16-/m1/s1. The predicted molar refractivity (Wildman–Crippen MR) is 129 cm³/mol. The van der Waals surface area contributed by atoms with Crippen LogP contribution in [0.25, 0.3) is 11.2 Å². The fraction of sp³-hybridized carbons (Fsp3) is 0.722. The van der Waals surface area contributed by atoms with Crippen molar-refractivity contribution in [1.29, 1.82) is 0 Å². The minimum absolute atomic E-state index is 0.0229. The van der Waals surface area contributed by atoms with Crippen LogP contribution in [-0.2, 0) is 37.8 Å². The fourth-order valence-electron chi connectivity index (χ4n) is 3.35. The van der Waals surface area contributed by atoms with Crippen LogP contribution in [0.15, 0.2) is 11.1 Å². The van der Waals surface area contributed by atoms with Crippen LogP contribution in [-0.4, -0.2) is 82.1 Å². The summed E-state index contributed by atoms with van der Waals surface area (Å²) in [5, 5.41) is -0.286. The molecule has 1 fully saturated rings. The summed E-state index contributed by atoms with van der Waals surface area (Å²) in [7, 11) is -10.5. The SMILES string of the molecule is CC(C)(C)[Si](C)(C)O[C@@H]1[C@H](OS(C)(=O)=O)[C@@H](COS(C)(=O)=O)O[C@H]1n1cnc2c(=O)[nH]c(N)nc21. The number of aromatic amines is 1. The summed E-state index contributed by atoms with van der Waals surface area (Å²) < 4.78 is 71.9. The first kappa shape index (κ1) is 27.7. The van der Waals surface area contributed by atoms with Gasteiger partial charge in [0, 0.05) is 0 Å². The Labute approximate surface area is 204 Å². The van der Waals surface area contributed by atoms with Crippen molar-refractivity contribution < 1.29 is 34.4 Å². The Hall–Kier alpha value is -1.89. The molecule has 35 heavy (non-hydrogen) atoms. The summed E-state index contributed by atoms with van der Waals surface area (Å²) in [6, 6.07) is 0. The molecule has 3 N–H and O–H groups in total. The number of nitrogens with two attached hydrogens (primary N) is 1. The molecule has 14 nitrogen and oxygen atoms in total. The molecule has 2 aromatic rings. The monoisotopic (exact) mass is 553 g/mol. The number of aromatic nitrogens is 4. The molecule has 1 aliphatic heterocycles. The number of fused-ring (bicyclic) bond motifs is 1. The molecule has 17 heteroatoms. The first-order valence-corrected chi connectivity index (χ1v) is 17.1. The van der Waals surface area contributed by atoms with Crippen LogP contribution in [0, 0.1) is 0 Å². The number of imidazole rings is 1. The summed E-state index contributed by atoms with van der Waals surface area (Å²) >= 11 is 0. The molecule has 198 valence electrons. The topological polar surface area (TPSA) is 195 Å². The lowest BCUT2D eigenvalue weighted by Gasteiger charge is -2.40. The quantitative estimate of drug-likeness (QED) is 0.336. The van der Waals surface area contributed by atoms with Crippen molar-refractivity contribution in [3.63, 3.8) is 0 Å².